The first-order chi connectivity index (χ1) is 24.4. The lowest BCUT2D eigenvalue weighted by Gasteiger charge is -2.15. The van der Waals surface area contributed by atoms with Crippen molar-refractivity contribution >= 4 is 34.9 Å². The maximum atomic E-state index is 10.1. The number of rotatable bonds is 10. The van der Waals surface area contributed by atoms with Gasteiger partial charge in [0.2, 0.25) is 0 Å². The number of hydrogen-bond acceptors (Lipinski definition) is 10. The van der Waals surface area contributed by atoms with Crippen molar-refractivity contribution in [2.75, 3.05) is 33.4 Å². The second-order valence-corrected chi connectivity index (χ2v) is 11.2. The smallest absolute Gasteiger partial charge is 0.414 e. The quantitative estimate of drug-likeness (QED) is 0.131. The van der Waals surface area contributed by atoms with Crippen molar-refractivity contribution in [1.29, 1.82) is 0 Å². The van der Waals surface area contributed by atoms with Gasteiger partial charge in [-0.15, -0.1) is 0 Å². The Bertz CT molecular complexity index is 1900. The molecule has 0 aliphatic carbocycles. The number of ether oxygens (including phenoxy) is 2. The van der Waals surface area contributed by atoms with Gasteiger partial charge in [-0.25, -0.2) is 29.1 Å². The number of hydrogen-bond donors (Lipinski definition) is 5. The molecule has 1 fully saturated rings. The van der Waals surface area contributed by atoms with E-state index in [4.69, 9.17) is 54.1 Å². The van der Waals surface area contributed by atoms with Gasteiger partial charge in [0.15, 0.2) is 0 Å². The molecule has 2 aromatic heterocycles. The lowest BCUT2D eigenvalue weighted by molar-refractivity contribution is -0.159. The summed E-state index contributed by atoms with van der Waals surface area (Å²) in [4.78, 5) is 47.9. The van der Waals surface area contributed by atoms with Gasteiger partial charge >= 0.3 is 23.9 Å². The molecule has 1 aliphatic rings. The van der Waals surface area contributed by atoms with E-state index >= 15 is 0 Å². The van der Waals surface area contributed by atoms with Crippen LogP contribution >= 0.6 is 0 Å². The van der Waals surface area contributed by atoms with Crippen LogP contribution in [0.25, 0.3) is 22.4 Å². The number of phenols is 1. The van der Waals surface area contributed by atoms with E-state index < -0.39 is 23.9 Å². The number of nitrogens with zero attached hydrogens (tertiary/aromatic N) is 5. The van der Waals surface area contributed by atoms with Gasteiger partial charge in [-0.2, -0.15) is 0 Å². The van der Waals surface area contributed by atoms with Gasteiger partial charge in [-0.1, -0.05) is 12.1 Å². The van der Waals surface area contributed by atoms with E-state index in [-0.39, 0.29) is 5.75 Å². The Morgan fingerprint density at radius 2 is 1.49 bits per heavy atom. The van der Waals surface area contributed by atoms with Crippen molar-refractivity contribution in [2.24, 2.45) is 0 Å². The summed E-state index contributed by atoms with van der Waals surface area (Å²) in [7, 11) is 1.70. The largest absolute Gasteiger partial charge is 0.508 e. The Labute approximate surface area is 291 Å². The van der Waals surface area contributed by atoms with Gasteiger partial charge in [0, 0.05) is 42.7 Å². The topological polar surface area (TPSA) is 227 Å². The van der Waals surface area contributed by atoms with Crippen LogP contribution in [0.1, 0.15) is 24.0 Å². The van der Waals surface area contributed by atoms with Crippen LogP contribution in [0.4, 0.5) is 0 Å². The molecule has 0 saturated carbocycles. The summed E-state index contributed by atoms with van der Waals surface area (Å²) >= 11 is 0. The molecule has 6 rings (SSSR count). The summed E-state index contributed by atoms with van der Waals surface area (Å²) in [5, 5.41) is 39.7. The number of methoxy groups -OCH3 is 1. The summed E-state index contributed by atoms with van der Waals surface area (Å²) in [6.45, 7) is 5.29. The van der Waals surface area contributed by atoms with E-state index in [1.54, 1.807) is 31.8 Å². The first-order valence-electron chi connectivity index (χ1n) is 15.6. The molecule has 0 atom stereocenters. The minimum absolute atomic E-state index is 0.200. The molecule has 51 heavy (non-hydrogen) atoms. The monoisotopic (exact) mass is 703 g/mol. The summed E-state index contributed by atoms with van der Waals surface area (Å²) < 4.78 is 16.0. The number of likely N-dealkylation sites (tertiary alicyclic amines) is 1. The molecule has 1 saturated heterocycles. The molecule has 1 aliphatic heterocycles. The highest BCUT2D eigenvalue weighted by molar-refractivity contribution is 6.27. The Morgan fingerprint density at radius 3 is 2.08 bits per heavy atom. The molecular weight excluding hydrogens is 666 g/mol. The van der Waals surface area contributed by atoms with Crippen molar-refractivity contribution < 1.29 is 54.2 Å². The number of carboxylic acids is 4. The molecule has 0 bridgehead atoms. The van der Waals surface area contributed by atoms with E-state index in [1.807, 2.05) is 29.0 Å². The number of phenolic OH excluding ortho intramolecular Hbond substituents is 1. The van der Waals surface area contributed by atoms with Crippen LogP contribution < -0.4 is 9.47 Å². The van der Waals surface area contributed by atoms with Crippen LogP contribution in [0.3, 0.4) is 0 Å². The Hall–Kier alpha value is -6.42. The standard InChI is InChI=1S/C31H33N5O3.2C2H2O4/c1-38-30-18-23(4-5-25(30)21-35-15-12-32-22-35)20-36-29-11-8-26(37)19-28(29)33-31(36)24-6-9-27(10-7-24)39-17-16-34-13-2-3-14-34;2*3-1(4)2(5)6/h4-12,15,18-19,22,37H,2-3,13-14,16-17,20-21H2,1H3;2*(H,3,4)(H,5,6). The van der Waals surface area contributed by atoms with E-state index in [0.717, 1.165) is 51.6 Å². The third-order valence-corrected chi connectivity index (χ3v) is 7.69. The van der Waals surface area contributed by atoms with Crippen LogP contribution in [-0.2, 0) is 32.3 Å². The molecule has 16 heteroatoms. The van der Waals surface area contributed by atoms with Crippen LogP contribution in [0.15, 0.2) is 79.4 Å². The Balaban J connectivity index is 0.000000420. The predicted molar refractivity (Wildman–Crippen MR) is 182 cm³/mol. The van der Waals surface area contributed by atoms with Crippen molar-refractivity contribution in [3.8, 4) is 28.6 Å². The normalized spacial score (nSPS) is 12.3. The first-order valence-corrected chi connectivity index (χ1v) is 15.6. The molecule has 5 aromatic rings. The number of carboxylic acid groups (broad SMARTS) is 4. The molecule has 268 valence electrons. The molecule has 0 radical (unpaired) electrons. The van der Waals surface area contributed by atoms with E-state index in [1.165, 1.54) is 25.9 Å². The van der Waals surface area contributed by atoms with Crippen molar-refractivity contribution in [2.45, 2.75) is 25.9 Å². The Kier molecular flexibility index (Phi) is 13.1. The molecule has 3 aromatic carbocycles. The van der Waals surface area contributed by atoms with Gasteiger partial charge in [0.25, 0.3) is 0 Å². The van der Waals surface area contributed by atoms with E-state index in [9.17, 15) is 5.11 Å². The highest BCUT2D eigenvalue weighted by atomic mass is 16.5. The number of aliphatic carboxylic acids is 4. The van der Waals surface area contributed by atoms with Gasteiger partial charge in [-0.3, -0.25) is 4.90 Å². The van der Waals surface area contributed by atoms with Crippen LogP contribution in [0, 0.1) is 0 Å². The second kappa shape index (κ2) is 17.8. The maximum Gasteiger partial charge on any atom is 0.414 e. The van der Waals surface area contributed by atoms with E-state index in [0.29, 0.717) is 19.7 Å². The highest BCUT2D eigenvalue weighted by Crippen LogP contribution is 2.30. The predicted octanol–water partition coefficient (Wildman–Crippen LogP) is 3.50. The third kappa shape index (κ3) is 10.8. The van der Waals surface area contributed by atoms with Crippen LogP contribution in [0.5, 0.6) is 17.2 Å². The molecule has 0 spiro atoms. The van der Waals surface area contributed by atoms with Crippen molar-refractivity contribution in [3.63, 3.8) is 0 Å². The number of aromatic nitrogens is 4. The summed E-state index contributed by atoms with van der Waals surface area (Å²) in [6.07, 6.45) is 8.09. The lowest BCUT2D eigenvalue weighted by Crippen LogP contribution is -2.25. The Morgan fingerprint density at radius 1 is 0.824 bits per heavy atom. The van der Waals surface area contributed by atoms with Gasteiger partial charge < -0.3 is 44.1 Å². The molecule has 5 N–H and O–H groups in total. The molecule has 3 heterocycles. The lowest BCUT2D eigenvalue weighted by atomic mass is 10.1. The minimum atomic E-state index is -1.82. The fourth-order valence-electron chi connectivity index (χ4n) is 5.28. The summed E-state index contributed by atoms with van der Waals surface area (Å²) in [5.41, 5.74) is 4.87. The average molecular weight is 704 g/mol. The number of benzene rings is 3. The van der Waals surface area contributed by atoms with Gasteiger partial charge in [0.1, 0.15) is 29.7 Å². The highest BCUT2D eigenvalue weighted by Gasteiger charge is 2.16. The zero-order valence-electron chi connectivity index (χ0n) is 27.6. The van der Waals surface area contributed by atoms with Crippen molar-refractivity contribution in [1.82, 2.24) is 24.0 Å². The number of carbonyl (C=O) groups is 4. The summed E-state index contributed by atoms with van der Waals surface area (Å²) in [5.74, 6) is -4.57. The molecular formula is C35H37N5O11. The van der Waals surface area contributed by atoms with E-state index in [2.05, 4.69) is 44.8 Å². The summed E-state index contributed by atoms with van der Waals surface area (Å²) in [6, 6.07) is 19.8. The zero-order chi connectivity index (χ0) is 36.9. The van der Waals surface area contributed by atoms with Gasteiger partial charge in [-0.05, 0) is 74.0 Å². The average Bonchev–Trinajstić information content (AvgIpc) is 3.89. The SMILES string of the molecule is COc1cc(Cn2c(-c3ccc(OCCN4CCCC4)cc3)nc3cc(O)ccc32)ccc1Cn1ccnc1.O=C(O)C(=O)O.O=C(O)C(=O)O. The fraction of sp³-hybridized carbons (Fsp3) is 0.257. The number of imidazole rings is 2. The zero-order valence-corrected chi connectivity index (χ0v) is 27.6. The first kappa shape index (κ1) is 37.4. The molecule has 0 unspecified atom stereocenters. The number of fused-ring (bicyclic) bond motifs is 1. The van der Waals surface area contributed by atoms with Gasteiger partial charge in [0.05, 0.1) is 31.0 Å². The second-order valence-electron chi connectivity index (χ2n) is 11.2. The fourth-order valence-corrected chi connectivity index (χ4v) is 5.28. The van der Waals surface area contributed by atoms with Crippen molar-refractivity contribution in [3.05, 3.63) is 90.5 Å². The van der Waals surface area contributed by atoms with Crippen LogP contribution in [0.2, 0.25) is 0 Å². The molecule has 0 amide bonds. The maximum absolute atomic E-state index is 10.1. The molecule has 16 nitrogen and oxygen atoms in total. The van der Waals surface area contributed by atoms with Crippen LogP contribution in [-0.4, -0.2) is 107 Å². The number of aromatic hydroxyl groups is 1. The minimum Gasteiger partial charge on any atom is -0.508 e. The third-order valence-electron chi connectivity index (χ3n) is 7.69.